The highest BCUT2D eigenvalue weighted by atomic mass is 35.5. The fourth-order valence-corrected chi connectivity index (χ4v) is 3.63. The predicted octanol–water partition coefficient (Wildman–Crippen LogP) is 4.93. The topological polar surface area (TPSA) is 107 Å². The van der Waals surface area contributed by atoms with Gasteiger partial charge in [0.05, 0.1) is 43.1 Å². The Balaban J connectivity index is 1.75. The molecule has 0 radical (unpaired) electrons. The van der Waals surface area contributed by atoms with Gasteiger partial charge in [0.1, 0.15) is 23.0 Å². The highest BCUT2D eigenvalue weighted by Gasteiger charge is 2.19. The van der Waals surface area contributed by atoms with E-state index in [1.54, 1.807) is 18.2 Å². The van der Waals surface area contributed by atoms with Crippen LogP contribution < -0.4 is 5.73 Å². The van der Waals surface area contributed by atoms with Crippen LogP contribution in [0.3, 0.4) is 0 Å². The Morgan fingerprint density at radius 3 is 2.38 bits per heavy atom. The molecule has 2 aromatic carbocycles. The lowest BCUT2D eigenvalue weighted by molar-refractivity contribution is 0.960. The lowest BCUT2D eigenvalue weighted by Crippen LogP contribution is -2.10. The molecule has 0 aliphatic carbocycles. The van der Waals surface area contributed by atoms with E-state index in [0.717, 1.165) is 11.0 Å². The van der Waals surface area contributed by atoms with Crippen molar-refractivity contribution in [3.8, 4) is 0 Å². The summed E-state index contributed by atoms with van der Waals surface area (Å²) in [7, 11) is 0. The van der Waals surface area contributed by atoms with E-state index in [-0.39, 0.29) is 25.9 Å². The average molecular weight is 428 g/mol. The van der Waals surface area contributed by atoms with E-state index in [0.29, 0.717) is 34.7 Å². The summed E-state index contributed by atoms with van der Waals surface area (Å²) in [6.07, 6.45) is 0.390. The van der Waals surface area contributed by atoms with Crippen LogP contribution in [0.15, 0.2) is 18.2 Å². The minimum atomic E-state index is -0.00150. The van der Waals surface area contributed by atoms with E-state index >= 15 is 0 Å². The van der Waals surface area contributed by atoms with E-state index in [1.807, 2.05) is 0 Å². The van der Waals surface area contributed by atoms with Crippen LogP contribution in [0.25, 0.3) is 22.1 Å². The Bertz CT molecular complexity index is 1150. The molecule has 4 rings (SSSR count). The number of aromatic nitrogens is 4. The number of amidine groups is 1. The maximum atomic E-state index is 7.52. The van der Waals surface area contributed by atoms with E-state index in [1.165, 1.54) is 0 Å². The Hall–Kier alpha value is -1.99. The first-order valence-electron chi connectivity index (χ1n) is 7.38. The summed E-state index contributed by atoms with van der Waals surface area (Å²) in [4.78, 5) is 15.3. The molecule has 0 saturated heterocycles. The highest BCUT2D eigenvalue weighted by molar-refractivity contribution is 6.54. The second-order valence-electron chi connectivity index (χ2n) is 5.67. The van der Waals surface area contributed by atoms with Gasteiger partial charge in [0.25, 0.3) is 0 Å². The Kier molecular flexibility index (Phi) is 4.23. The molecule has 4 aromatic rings. The molecule has 0 saturated carbocycles. The van der Waals surface area contributed by atoms with Gasteiger partial charge in [-0.05, 0) is 18.2 Å². The molecular weight excluding hydrogens is 418 g/mol. The van der Waals surface area contributed by atoms with Crippen LogP contribution in [-0.2, 0) is 6.42 Å². The third-order valence-electron chi connectivity index (χ3n) is 3.94. The summed E-state index contributed by atoms with van der Waals surface area (Å²) in [6.45, 7) is 0. The van der Waals surface area contributed by atoms with Crippen LogP contribution in [-0.4, -0.2) is 25.8 Å². The fourth-order valence-electron chi connectivity index (χ4n) is 2.70. The molecule has 2 heterocycles. The van der Waals surface area contributed by atoms with Crippen LogP contribution >= 0.6 is 46.4 Å². The standard InChI is InChI=1S/C16H10Cl4N6/c17-10-11(18)13(20)15-14(12(10)19)25-9(26-15)4-8-23-6-2-1-5(16(21)22)3-7(6)24-8/h1-3H,4H2,(H3,21,22)(H,23,24)(H,25,26). The first kappa shape index (κ1) is 17.4. The van der Waals surface area contributed by atoms with Gasteiger partial charge in [-0.2, -0.15) is 0 Å². The van der Waals surface area contributed by atoms with Gasteiger partial charge in [-0.3, -0.25) is 5.41 Å². The number of benzene rings is 2. The van der Waals surface area contributed by atoms with Crippen LogP contribution in [0.5, 0.6) is 0 Å². The van der Waals surface area contributed by atoms with Gasteiger partial charge in [0.15, 0.2) is 0 Å². The first-order chi connectivity index (χ1) is 12.3. The largest absolute Gasteiger partial charge is 0.384 e. The van der Waals surface area contributed by atoms with Crippen molar-refractivity contribution in [2.75, 3.05) is 0 Å². The summed E-state index contributed by atoms with van der Waals surface area (Å²) in [6, 6.07) is 5.33. The van der Waals surface area contributed by atoms with E-state index in [9.17, 15) is 0 Å². The van der Waals surface area contributed by atoms with E-state index in [2.05, 4.69) is 19.9 Å². The number of hydrogen-bond donors (Lipinski definition) is 4. The van der Waals surface area contributed by atoms with E-state index in [4.69, 9.17) is 57.5 Å². The van der Waals surface area contributed by atoms with Crippen molar-refractivity contribution >= 4 is 74.3 Å². The minimum absolute atomic E-state index is 0.00150. The zero-order valence-electron chi connectivity index (χ0n) is 12.9. The third-order valence-corrected chi connectivity index (χ3v) is 5.73. The average Bonchev–Trinajstić information content (AvgIpc) is 3.21. The number of rotatable bonds is 3. The molecule has 0 unspecified atom stereocenters. The third kappa shape index (κ3) is 2.79. The number of aromatic amines is 2. The molecule has 0 aliphatic rings. The number of fused-ring (bicyclic) bond motifs is 2. The number of nitrogen functional groups attached to an aromatic ring is 1. The zero-order valence-corrected chi connectivity index (χ0v) is 15.9. The van der Waals surface area contributed by atoms with Gasteiger partial charge >= 0.3 is 0 Å². The molecule has 0 aliphatic heterocycles. The summed E-state index contributed by atoms with van der Waals surface area (Å²) in [5.74, 6) is 1.29. The summed E-state index contributed by atoms with van der Waals surface area (Å²) in [5.41, 5.74) is 8.67. The molecule has 0 spiro atoms. The van der Waals surface area contributed by atoms with Crippen LogP contribution in [0, 0.1) is 5.41 Å². The number of hydrogen-bond acceptors (Lipinski definition) is 3. The molecule has 132 valence electrons. The van der Waals surface area contributed by atoms with Gasteiger partial charge in [0.2, 0.25) is 0 Å². The molecule has 0 amide bonds. The van der Waals surface area contributed by atoms with Crippen LogP contribution in [0.2, 0.25) is 20.1 Å². The van der Waals surface area contributed by atoms with Crippen LogP contribution in [0.4, 0.5) is 0 Å². The molecule has 5 N–H and O–H groups in total. The maximum absolute atomic E-state index is 7.52. The predicted molar refractivity (Wildman–Crippen MR) is 106 cm³/mol. The van der Waals surface area contributed by atoms with Gasteiger partial charge < -0.3 is 15.7 Å². The Morgan fingerprint density at radius 1 is 0.962 bits per heavy atom. The molecule has 0 bridgehead atoms. The normalized spacial score (nSPS) is 11.5. The van der Waals surface area contributed by atoms with Crippen molar-refractivity contribution in [1.82, 2.24) is 19.9 Å². The molecule has 2 aromatic heterocycles. The van der Waals surface area contributed by atoms with Crippen molar-refractivity contribution in [3.05, 3.63) is 55.5 Å². The second kappa shape index (κ2) is 6.32. The molecular formula is C16H10Cl4N6. The van der Waals surface area contributed by atoms with Gasteiger partial charge in [-0.15, -0.1) is 0 Å². The number of H-pyrrole nitrogens is 2. The number of nitrogens with two attached hydrogens (primary N) is 1. The second-order valence-corrected chi connectivity index (χ2v) is 7.18. The van der Waals surface area contributed by atoms with Crippen molar-refractivity contribution in [2.45, 2.75) is 6.42 Å². The molecule has 26 heavy (non-hydrogen) atoms. The van der Waals surface area contributed by atoms with Crippen molar-refractivity contribution in [2.24, 2.45) is 5.73 Å². The lowest BCUT2D eigenvalue weighted by Gasteiger charge is -2.02. The monoisotopic (exact) mass is 426 g/mol. The quantitative estimate of drug-likeness (QED) is 0.161. The first-order valence-corrected chi connectivity index (χ1v) is 8.90. The molecule has 10 heteroatoms. The van der Waals surface area contributed by atoms with Crippen molar-refractivity contribution < 1.29 is 0 Å². The number of halogens is 4. The summed E-state index contributed by atoms with van der Waals surface area (Å²) >= 11 is 24.6. The minimum Gasteiger partial charge on any atom is -0.384 e. The number of imidazole rings is 2. The fraction of sp³-hybridized carbons (Fsp3) is 0.0625. The van der Waals surface area contributed by atoms with Crippen LogP contribution in [0.1, 0.15) is 17.2 Å². The Morgan fingerprint density at radius 2 is 1.65 bits per heavy atom. The van der Waals surface area contributed by atoms with Gasteiger partial charge in [0, 0.05) is 5.56 Å². The van der Waals surface area contributed by atoms with E-state index < -0.39 is 0 Å². The summed E-state index contributed by atoms with van der Waals surface area (Å²) < 4.78 is 0. The molecule has 6 nitrogen and oxygen atoms in total. The Labute approximate surface area is 167 Å². The zero-order chi connectivity index (χ0) is 18.6. The van der Waals surface area contributed by atoms with Crippen molar-refractivity contribution in [1.29, 1.82) is 5.41 Å². The van der Waals surface area contributed by atoms with Crippen molar-refractivity contribution in [3.63, 3.8) is 0 Å². The smallest absolute Gasteiger partial charge is 0.122 e. The number of nitrogens with one attached hydrogen (secondary N) is 3. The van der Waals surface area contributed by atoms with Gasteiger partial charge in [-0.25, -0.2) is 9.97 Å². The molecule has 0 atom stereocenters. The maximum Gasteiger partial charge on any atom is 0.122 e. The lowest BCUT2D eigenvalue weighted by atomic mass is 10.2. The number of nitrogens with zero attached hydrogens (tertiary/aromatic N) is 2. The SMILES string of the molecule is N=C(N)c1ccc2nc(Cc3nc4c(Cl)c(Cl)c(Cl)c(Cl)c4[nH]3)[nH]c2c1. The highest BCUT2D eigenvalue weighted by Crippen LogP contribution is 2.41. The summed E-state index contributed by atoms with van der Waals surface area (Å²) in [5, 5.41) is 8.38. The van der Waals surface area contributed by atoms with Gasteiger partial charge in [-0.1, -0.05) is 46.4 Å². The molecule has 0 fully saturated rings.